The fourth-order valence-electron chi connectivity index (χ4n) is 1.76. The summed E-state index contributed by atoms with van der Waals surface area (Å²) >= 11 is 0. The molecule has 1 atom stereocenters. The molecule has 0 radical (unpaired) electrons. The quantitative estimate of drug-likeness (QED) is 0.806. The van der Waals surface area contributed by atoms with Crippen molar-refractivity contribution >= 4 is 0 Å². The predicted octanol–water partition coefficient (Wildman–Crippen LogP) is 3.56. The maximum atomic E-state index is 13.3. The minimum atomic E-state index is -0.300. The van der Waals surface area contributed by atoms with Crippen molar-refractivity contribution in [3.05, 3.63) is 29.6 Å². The highest BCUT2D eigenvalue weighted by molar-refractivity contribution is 5.34. The van der Waals surface area contributed by atoms with E-state index in [1.54, 1.807) is 6.07 Å². The molecule has 0 spiro atoms. The molecule has 1 rings (SSSR count). The Morgan fingerprint density at radius 1 is 1.33 bits per heavy atom. The van der Waals surface area contributed by atoms with Crippen LogP contribution in [0.15, 0.2) is 18.2 Å². The number of benzene rings is 1. The summed E-state index contributed by atoms with van der Waals surface area (Å²) in [6, 6.07) is 4.65. The molecular formula is C15H23FO2. The Morgan fingerprint density at radius 2 is 2.06 bits per heavy atom. The third kappa shape index (κ3) is 4.30. The van der Waals surface area contributed by atoms with Gasteiger partial charge in [0.1, 0.15) is 17.7 Å². The number of aryl methyl sites for hydroxylation is 1. The zero-order valence-corrected chi connectivity index (χ0v) is 11.4. The lowest BCUT2D eigenvalue weighted by atomic mass is 10.1. The second-order valence-corrected chi connectivity index (χ2v) is 4.94. The number of hydrogen-bond donors (Lipinski definition) is 1. The normalized spacial score (nSPS) is 12.8. The Labute approximate surface area is 109 Å². The van der Waals surface area contributed by atoms with Gasteiger partial charge in [-0.2, -0.15) is 0 Å². The van der Waals surface area contributed by atoms with E-state index in [-0.39, 0.29) is 24.4 Å². The zero-order valence-electron chi connectivity index (χ0n) is 11.4. The third-order valence-electron chi connectivity index (χ3n) is 3.03. The molecule has 1 unspecified atom stereocenters. The smallest absolute Gasteiger partial charge is 0.126 e. The van der Waals surface area contributed by atoms with Crippen LogP contribution in [0, 0.1) is 11.7 Å². The number of halogens is 1. The number of unbranched alkanes of at least 4 members (excludes halogenated alkanes) is 1. The minimum Gasteiger partial charge on any atom is -0.487 e. The van der Waals surface area contributed by atoms with Crippen molar-refractivity contribution in [3.8, 4) is 5.75 Å². The molecule has 3 heteroatoms. The SMILES string of the molecule is CCCCc1ccc(F)cc1OC(CO)C(C)C. The monoisotopic (exact) mass is 254 g/mol. The molecule has 0 bridgehead atoms. The molecule has 0 aliphatic carbocycles. The van der Waals surface area contributed by atoms with Crippen LogP contribution in [0.25, 0.3) is 0 Å². The molecule has 0 aliphatic rings. The van der Waals surface area contributed by atoms with Crippen LogP contribution in [0.2, 0.25) is 0 Å². The maximum Gasteiger partial charge on any atom is 0.126 e. The Bertz CT molecular complexity index is 364. The second kappa shape index (κ2) is 7.37. The summed E-state index contributed by atoms with van der Waals surface area (Å²) in [4.78, 5) is 0. The first-order chi connectivity index (χ1) is 8.58. The number of aliphatic hydroxyl groups is 1. The van der Waals surface area contributed by atoms with Gasteiger partial charge in [-0.25, -0.2) is 4.39 Å². The highest BCUT2D eigenvalue weighted by Crippen LogP contribution is 2.24. The lowest BCUT2D eigenvalue weighted by molar-refractivity contribution is 0.0790. The van der Waals surface area contributed by atoms with Crippen molar-refractivity contribution in [2.75, 3.05) is 6.61 Å². The molecule has 0 saturated carbocycles. The molecule has 18 heavy (non-hydrogen) atoms. The van der Waals surface area contributed by atoms with Gasteiger partial charge in [-0.15, -0.1) is 0 Å². The number of ether oxygens (including phenoxy) is 1. The van der Waals surface area contributed by atoms with Gasteiger partial charge >= 0.3 is 0 Å². The second-order valence-electron chi connectivity index (χ2n) is 4.94. The molecular weight excluding hydrogens is 231 g/mol. The number of rotatable bonds is 7. The van der Waals surface area contributed by atoms with E-state index in [4.69, 9.17) is 4.74 Å². The molecule has 1 aromatic rings. The first-order valence-electron chi connectivity index (χ1n) is 6.64. The van der Waals surface area contributed by atoms with Crippen molar-refractivity contribution in [2.24, 2.45) is 5.92 Å². The van der Waals surface area contributed by atoms with Crippen molar-refractivity contribution in [2.45, 2.75) is 46.1 Å². The molecule has 102 valence electrons. The summed E-state index contributed by atoms with van der Waals surface area (Å²) in [7, 11) is 0. The van der Waals surface area contributed by atoms with Crippen LogP contribution in [0.5, 0.6) is 5.75 Å². The fourth-order valence-corrected chi connectivity index (χ4v) is 1.76. The first kappa shape index (κ1) is 15.0. The third-order valence-corrected chi connectivity index (χ3v) is 3.03. The van der Waals surface area contributed by atoms with Crippen LogP contribution in [-0.4, -0.2) is 17.8 Å². The topological polar surface area (TPSA) is 29.5 Å². The van der Waals surface area contributed by atoms with Crippen molar-refractivity contribution in [1.82, 2.24) is 0 Å². The van der Waals surface area contributed by atoms with Gasteiger partial charge in [-0.3, -0.25) is 0 Å². The van der Waals surface area contributed by atoms with Crippen molar-refractivity contribution < 1.29 is 14.2 Å². The summed E-state index contributed by atoms with van der Waals surface area (Å²) < 4.78 is 19.0. The van der Waals surface area contributed by atoms with Gasteiger partial charge in [0.05, 0.1) is 6.61 Å². The highest BCUT2D eigenvalue weighted by Gasteiger charge is 2.16. The van der Waals surface area contributed by atoms with Gasteiger partial charge in [0.2, 0.25) is 0 Å². The Morgan fingerprint density at radius 3 is 2.61 bits per heavy atom. The van der Waals surface area contributed by atoms with E-state index in [0.717, 1.165) is 24.8 Å². The van der Waals surface area contributed by atoms with E-state index in [0.29, 0.717) is 5.75 Å². The maximum absolute atomic E-state index is 13.3. The summed E-state index contributed by atoms with van der Waals surface area (Å²) in [5.41, 5.74) is 1.01. The van der Waals surface area contributed by atoms with Gasteiger partial charge < -0.3 is 9.84 Å². The summed E-state index contributed by atoms with van der Waals surface area (Å²) in [5, 5.41) is 9.28. The molecule has 0 amide bonds. The molecule has 0 fully saturated rings. The fraction of sp³-hybridized carbons (Fsp3) is 0.600. The summed E-state index contributed by atoms with van der Waals surface area (Å²) in [6.07, 6.45) is 2.73. The average Bonchev–Trinajstić information content (AvgIpc) is 2.34. The Kier molecular flexibility index (Phi) is 6.13. The Balaban J connectivity index is 2.86. The minimum absolute atomic E-state index is 0.0542. The van der Waals surface area contributed by atoms with E-state index in [2.05, 4.69) is 6.92 Å². The van der Waals surface area contributed by atoms with E-state index in [1.165, 1.54) is 12.1 Å². The summed E-state index contributed by atoms with van der Waals surface area (Å²) in [5.74, 6) is 0.458. The summed E-state index contributed by atoms with van der Waals surface area (Å²) in [6.45, 7) is 6.02. The lowest BCUT2D eigenvalue weighted by Crippen LogP contribution is -2.27. The van der Waals surface area contributed by atoms with E-state index >= 15 is 0 Å². The van der Waals surface area contributed by atoms with Crippen LogP contribution in [-0.2, 0) is 6.42 Å². The van der Waals surface area contributed by atoms with Crippen LogP contribution in [0.1, 0.15) is 39.2 Å². The number of aliphatic hydroxyl groups excluding tert-OH is 1. The molecule has 0 heterocycles. The molecule has 0 aliphatic heterocycles. The Hall–Kier alpha value is -1.09. The van der Waals surface area contributed by atoms with Crippen LogP contribution in [0.3, 0.4) is 0 Å². The predicted molar refractivity (Wildman–Crippen MR) is 71.4 cm³/mol. The molecule has 0 aromatic heterocycles. The van der Waals surface area contributed by atoms with E-state index in [9.17, 15) is 9.50 Å². The van der Waals surface area contributed by atoms with Gasteiger partial charge in [0, 0.05) is 6.07 Å². The molecule has 2 nitrogen and oxygen atoms in total. The molecule has 1 N–H and O–H groups in total. The largest absolute Gasteiger partial charge is 0.487 e. The van der Waals surface area contributed by atoms with Gasteiger partial charge in [-0.1, -0.05) is 33.3 Å². The lowest BCUT2D eigenvalue weighted by Gasteiger charge is -2.22. The van der Waals surface area contributed by atoms with Crippen LogP contribution < -0.4 is 4.74 Å². The van der Waals surface area contributed by atoms with Crippen molar-refractivity contribution in [1.29, 1.82) is 0 Å². The number of hydrogen-bond acceptors (Lipinski definition) is 2. The first-order valence-corrected chi connectivity index (χ1v) is 6.64. The molecule has 1 aromatic carbocycles. The van der Waals surface area contributed by atoms with E-state index < -0.39 is 0 Å². The van der Waals surface area contributed by atoms with Crippen LogP contribution in [0.4, 0.5) is 4.39 Å². The highest BCUT2D eigenvalue weighted by atomic mass is 19.1. The van der Waals surface area contributed by atoms with Gasteiger partial charge in [-0.05, 0) is 30.4 Å². The average molecular weight is 254 g/mol. The molecule has 0 saturated heterocycles. The zero-order chi connectivity index (χ0) is 13.5. The van der Waals surface area contributed by atoms with Gasteiger partial charge in [0.15, 0.2) is 0 Å². The van der Waals surface area contributed by atoms with E-state index in [1.807, 2.05) is 13.8 Å². The van der Waals surface area contributed by atoms with Crippen LogP contribution >= 0.6 is 0 Å². The van der Waals surface area contributed by atoms with Crippen molar-refractivity contribution in [3.63, 3.8) is 0 Å². The van der Waals surface area contributed by atoms with Gasteiger partial charge in [0.25, 0.3) is 0 Å². The standard InChI is InChI=1S/C15H23FO2/c1-4-5-6-12-7-8-13(16)9-14(12)18-15(10-17)11(2)3/h7-9,11,15,17H,4-6,10H2,1-3H3.